The van der Waals surface area contributed by atoms with Crippen molar-refractivity contribution in [2.45, 2.75) is 47.1 Å². The molecule has 0 aliphatic heterocycles. The average molecular weight is 316 g/mol. The summed E-state index contributed by atoms with van der Waals surface area (Å²) < 4.78 is 1.39. The van der Waals surface area contributed by atoms with Gasteiger partial charge in [-0.1, -0.05) is 39.3 Å². The molecule has 1 heterocycles. The van der Waals surface area contributed by atoms with E-state index in [1.807, 2.05) is 27.7 Å². The van der Waals surface area contributed by atoms with Crippen molar-refractivity contribution in [1.82, 2.24) is 9.78 Å². The highest BCUT2D eigenvalue weighted by molar-refractivity contribution is 6.32. The number of aliphatic hydroxyl groups excluding tert-OH is 1. The number of hydrogen-bond donors (Lipinski definition) is 2. The van der Waals surface area contributed by atoms with Crippen molar-refractivity contribution in [3.05, 3.63) is 21.6 Å². The normalized spacial score (nSPS) is 12.0. The van der Waals surface area contributed by atoms with Gasteiger partial charge in [-0.05, 0) is 18.8 Å². The Morgan fingerprint density at radius 3 is 2.52 bits per heavy atom. The third kappa shape index (κ3) is 4.45. The molecule has 120 valence electrons. The molecule has 0 fully saturated rings. The molecule has 0 bridgehead atoms. The van der Waals surface area contributed by atoms with E-state index in [4.69, 9.17) is 11.6 Å². The lowest BCUT2D eigenvalue weighted by atomic mass is 9.83. The van der Waals surface area contributed by atoms with Crippen molar-refractivity contribution < 1.29 is 5.11 Å². The van der Waals surface area contributed by atoms with Gasteiger partial charge in [0.05, 0.1) is 18.5 Å². The Labute approximate surface area is 131 Å². The summed E-state index contributed by atoms with van der Waals surface area (Å²) in [5, 5.41) is 17.0. The predicted molar refractivity (Wildman–Crippen MR) is 86.9 cm³/mol. The van der Waals surface area contributed by atoms with Gasteiger partial charge in [0, 0.05) is 18.5 Å². The van der Waals surface area contributed by atoms with Gasteiger partial charge in [-0.25, -0.2) is 4.68 Å². The van der Waals surface area contributed by atoms with Crippen LogP contribution in [0.3, 0.4) is 0 Å². The van der Waals surface area contributed by atoms with Crippen molar-refractivity contribution in [3.63, 3.8) is 0 Å². The van der Waals surface area contributed by atoms with E-state index in [0.29, 0.717) is 24.7 Å². The Morgan fingerprint density at radius 2 is 2.05 bits per heavy atom. The Kier molecular flexibility index (Phi) is 6.68. The van der Waals surface area contributed by atoms with Crippen molar-refractivity contribution in [2.24, 2.45) is 11.3 Å². The van der Waals surface area contributed by atoms with Crippen LogP contribution in [0.5, 0.6) is 0 Å². The third-order valence-corrected chi connectivity index (χ3v) is 4.38. The monoisotopic (exact) mass is 315 g/mol. The number of rotatable bonds is 8. The number of halogens is 1. The summed E-state index contributed by atoms with van der Waals surface area (Å²) in [5.74, 6) is 0.326. The van der Waals surface area contributed by atoms with Crippen LogP contribution in [0.15, 0.2) is 11.0 Å². The van der Waals surface area contributed by atoms with E-state index in [0.717, 1.165) is 12.8 Å². The van der Waals surface area contributed by atoms with Gasteiger partial charge in [0.25, 0.3) is 5.56 Å². The zero-order valence-electron chi connectivity index (χ0n) is 13.3. The van der Waals surface area contributed by atoms with Crippen LogP contribution < -0.4 is 10.9 Å². The smallest absolute Gasteiger partial charge is 0.287 e. The molecular formula is C15H26ClN3O2. The number of hydrogen-bond acceptors (Lipinski definition) is 4. The molecule has 6 heteroatoms. The summed E-state index contributed by atoms with van der Waals surface area (Å²) in [4.78, 5) is 12.1. The molecule has 0 saturated heterocycles. The molecule has 0 spiro atoms. The largest absolute Gasteiger partial charge is 0.396 e. The first-order valence-corrected chi connectivity index (χ1v) is 7.87. The molecule has 0 aliphatic carbocycles. The van der Waals surface area contributed by atoms with E-state index in [1.165, 1.54) is 4.68 Å². The zero-order valence-corrected chi connectivity index (χ0v) is 14.1. The fourth-order valence-corrected chi connectivity index (χ4v) is 2.34. The Hall–Kier alpha value is -1.07. The molecule has 1 rings (SSSR count). The average Bonchev–Trinajstić information content (AvgIpc) is 2.47. The number of aliphatic hydroxyl groups is 1. The lowest BCUT2D eigenvalue weighted by molar-refractivity contribution is 0.127. The van der Waals surface area contributed by atoms with Crippen LogP contribution in [0.4, 0.5) is 5.69 Å². The second-order valence-corrected chi connectivity index (χ2v) is 6.35. The van der Waals surface area contributed by atoms with Gasteiger partial charge < -0.3 is 10.4 Å². The van der Waals surface area contributed by atoms with Crippen LogP contribution >= 0.6 is 11.6 Å². The second kappa shape index (κ2) is 7.80. The zero-order chi connectivity index (χ0) is 16.0. The lowest BCUT2D eigenvalue weighted by Gasteiger charge is -2.30. The van der Waals surface area contributed by atoms with Crippen molar-refractivity contribution in [3.8, 4) is 0 Å². The molecular weight excluding hydrogens is 290 g/mol. The molecule has 21 heavy (non-hydrogen) atoms. The van der Waals surface area contributed by atoms with Crippen LogP contribution in [-0.4, -0.2) is 28.0 Å². The fraction of sp³-hybridized carbons (Fsp3) is 0.733. The molecule has 0 amide bonds. The molecule has 1 aromatic rings. The molecule has 1 aromatic heterocycles. The summed E-state index contributed by atoms with van der Waals surface area (Å²) in [6.07, 6.45) is 3.28. The van der Waals surface area contributed by atoms with Crippen LogP contribution in [0.25, 0.3) is 0 Å². The maximum atomic E-state index is 12.1. The SMILES string of the molecule is CCC(CC)(CO)CNc1cnn(CC(C)C)c(=O)c1Cl. The first-order valence-electron chi connectivity index (χ1n) is 7.49. The minimum Gasteiger partial charge on any atom is -0.396 e. The van der Waals surface area contributed by atoms with Crippen molar-refractivity contribution in [1.29, 1.82) is 0 Å². The number of aromatic nitrogens is 2. The van der Waals surface area contributed by atoms with Gasteiger partial charge in [-0.2, -0.15) is 5.10 Å². The van der Waals surface area contributed by atoms with E-state index in [-0.39, 0.29) is 22.6 Å². The van der Waals surface area contributed by atoms with Crippen molar-refractivity contribution >= 4 is 17.3 Å². The van der Waals surface area contributed by atoms with Gasteiger partial charge in [0.1, 0.15) is 5.02 Å². The summed E-state index contributed by atoms with van der Waals surface area (Å²) in [7, 11) is 0. The minimum atomic E-state index is -0.280. The Balaban J connectivity index is 2.91. The molecule has 5 nitrogen and oxygen atoms in total. The summed E-state index contributed by atoms with van der Waals surface area (Å²) in [6.45, 7) is 9.33. The van der Waals surface area contributed by atoms with Gasteiger partial charge in [0.2, 0.25) is 0 Å². The molecule has 0 radical (unpaired) electrons. The maximum absolute atomic E-state index is 12.1. The molecule has 0 aliphatic rings. The Morgan fingerprint density at radius 1 is 1.43 bits per heavy atom. The molecule has 0 unspecified atom stereocenters. The van der Waals surface area contributed by atoms with Crippen molar-refractivity contribution in [2.75, 3.05) is 18.5 Å². The highest BCUT2D eigenvalue weighted by Crippen LogP contribution is 2.27. The number of nitrogens with one attached hydrogen (secondary N) is 1. The van der Waals surface area contributed by atoms with E-state index in [2.05, 4.69) is 10.4 Å². The fourth-order valence-electron chi connectivity index (χ4n) is 2.13. The van der Waals surface area contributed by atoms with Gasteiger partial charge in [-0.15, -0.1) is 0 Å². The van der Waals surface area contributed by atoms with E-state index in [1.54, 1.807) is 6.20 Å². The molecule has 2 N–H and O–H groups in total. The second-order valence-electron chi connectivity index (χ2n) is 5.97. The maximum Gasteiger partial charge on any atom is 0.287 e. The van der Waals surface area contributed by atoms with Gasteiger partial charge in [0.15, 0.2) is 0 Å². The third-order valence-electron chi connectivity index (χ3n) is 4.01. The molecule has 0 aromatic carbocycles. The van der Waals surface area contributed by atoms with Crippen LogP contribution in [0.1, 0.15) is 40.5 Å². The molecule has 0 saturated carbocycles. The highest BCUT2D eigenvalue weighted by Gasteiger charge is 2.25. The van der Waals surface area contributed by atoms with E-state index in [9.17, 15) is 9.90 Å². The number of anilines is 1. The van der Waals surface area contributed by atoms with E-state index >= 15 is 0 Å². The highest BCUT2D eigenvalue weighted by atomic mass is 35.5. The predicted octanol–water partition coefficient (Wildman–Crippen LogP) is 2.76. The first kappa shape index (κ1) is 18.0. The minimum absolute atomic E-state index is 0.0997. The standard InChI is InChI=1S/C15H26ClN3O2/c1-5-15(6-2,10-20)9-17-12-7-18-19(8-11(3)4)14(21)13(12)16/h7,11,17,20H,5-6,8-10H2,1-4H3. The first-order chi connectivity index (χ1) is 9.89. The summed E-state index contributed by atoms with van der Waals surface area (Å²) in [5.41, 5.74) is 0.0511. The molecule has 0 atom stereocenters. The lowest BCUT2D eigenvalue weighted by Crippen LogP contribution is -2.33. The quantitative estimate of drug-likeness (QED) is 0.774. The summed E-state index contributed by atoms with van der Waals surface area (Å²) >= 11 is 6.14. The van der Waals surface area contributed by atoms with E-state index < -0.39 is 0 Å². The van der Waals surface area contributed by atoms with Crippen LogP contribution in [0.2, 0.25) is 5.02 Å². The van der Waals surface area contributed by atoms with Gasteiger partial charge >= 0.3 is 0 Å². The topological polar surface area (TPSA) is 67.2 Å². The summed E-state index contributed by atoms with van der Waals surface area (Å²) in [6, 6.07) is 0. The van der Waals surface area contributed by atoms with Gasteiger partial charge in [-0.3, -0.25) is 4.79 Å². The van der Waals surface area contributed by atoms with Crippen LogP contribution in [0, 0.1) is 11.3 Å². The van der Waals surface area contributed by atoms with Crippen LogP contribution in [-0.2, 0) is 6.54 Å². The number of nitrogens with zero attached hydrogens (tertiary/aromatic N) is 2. The Bertz CT molecular complexity index is 502.